The molecule has 6 nitrogen and oxygen atoms in total. The van der Waals surface area contributed by atoms with Gasteiger partial charge in [-0.2, -0.15) is 0 Å². The third-order valence-electron chi connectivity index (χ3n) is 8.84. The fraction of sp³-hybridized carbons (Fsp3) is 0.194. The van der Waals surface area contributed by atoms with Gasteiger partial charge in [0.25, 0.3) is 0 Å². The van der Waals surface area contributed by atoms with Crippen LogP contribution >= 0.6 is 11.6 Å². The van der Waals surface area contributed by atoms with Crippen LogP contribution in [-0.2, 0) is 10.2 Å². The van der Waals surface area contributed by atoms with Crippen molar-refractivity contribution in [2.45, 2.75) is 30.8 Å². The van der Waals surface area contributed by atoms with Crippen LogP contribution in [-0.4, -0.2) is 35.0 Å². The number of anilines is 1. The predicted molar refractivity (Wildman–Crippen MR) is 166 cm³/mol. The summed E-state index contributed by atoms with van der Waals surface area (Å²) in [7, 11) is 0. The Bertz CT molecular complexity index is 1800. The molecular formula is C36H29ClN2O4. The Morgan fingerprint density at radius 3 is 2.49 bits per heavy atom. The fourth-order valence-electron chi connectivity index (χ4n) is 7.09. The molecule has 1 fully saturated rings. The highest BCUT2D eigenvalue weighted by Gasteiger charge is 2.70. The summed E-state index contributed by atoms with van der Waals surface area (Å²) < 4.78 is 5.87. The van der Waals surface area contributed by atoms with Crippen molar-refractivity contribution in [1.29, 1.82) is 0 Å². The number of nitrogens with one attached hydrogen (secondary N) is 1. The number of benzene rings is 4. The summed E-state index contributed by atoms with van der Waals surface area (Å²) in [5.41, 5.74) is 2.62. The minimum atomic E-state index is -1.39. The molecule has 0 saturated carbocycles. The van der Waals surface area contributed by atoms with E-state index in [1.807, 2.05) is 78.7 Å². The second-order valence-electron chi connectivity index (χ2n) is 11.2. The predicted octanol–water partition coefficient (Wildman–Crippen LogP) is 7.11. The molecule has 0 radical (unpaired) electrons. The number of halogens is 1. The highest BCUT2D eigenvalue weighted by atomic mass is 35.5. The Labute approximate surface area is 254 Å². The lowest BCUT2D eigenvalue weighted by Crippen LogP contribution is -2.49. The molecule has 0 aromatic heterocycles. The maximum atomic E-state index is 15.0. The molecule has 4 atom stereocenters. The first-order chi connectivity index (χ1) is 20.9. The first kappa shape index (κ1) is 27.2. The minimum Gasteiger partial charge on any atom is -0.494 e. The number of fused-ring (bicyclic) bond motifs is 6. The first-order valence-corrected chi connectivity index (χ1v) is 14.8. The van der Waals surface area contributed by atoms with Crippen LogP contribution in [0.2, 0.25) is 5.02 Å². The van der Waals surface area contributed by atoms with Gasteiger partial charge < -0.3 is 15.0 Å². The van der Waals surface area contributed by atoms with E-state index in [9.17, 15) is 14.4 Å². The van der Waals surface area contributed by atoms with Crippen molar-refractivity contribution < 1.29 is 19.1 Å². The zero-order valence-electron chi connectivity index (χ0n) is 23.5. The van der Waals surface area contributed by atoms with Gasteiger partial charge in [-0.25, -0.2) is 0 Å². The average molecular weight is 589 g/mol. The molecule has 1 saturated heterocycles. The number of para-hydroxylation sites is 1. The van der Waals surface area contributed by atoms with Crippen molar-refractivity contribution in [1.82, 2.24) is 4.90 Å². The van der Waals surface area contributed by atoms with Crippen LogP contribution in [0.4, 0.5) is 5.69 Å². The van der Waals surface area contributed by atoms with Gasteiger partial charge in [0.05, 0.1) is 18.6 Å². The van der Waals surface area contributed by atoms with E-state index in [2.05, 4.69) is 5.32 Å². The van der Waals surface area contributed by atoms with Gasteiger partial charge in [-0.3, -0.25) is 14.4 Å². The highest BCUT2D eigenvalue weighted by molar-refractivity contribution is 6.30. The zero-order chi connectivity index (χ0) is 29.7. The van der Waals surface area contributed by atoms with Gasteiger partial charge in [0, 0.05) is 28.0 Å². The molecule has 214 valence electrons. The fourth-order valence-corrected chi connectivity index (χ4v) is 7.22. The lowest BCUT2D eigenvalue weighted by molar-refractivity contribution is -0.122. The summed E-state index contributed by atoms with van der Waals surface area (Å²) in [6.45, 7) is 2.53. The van der Waals surface area contributed by atoms with Crippen molar-refractivity contribution in [3.05, 3.63) is 136 Å². The van der Waals surface area contributed by atoms with E-state index in [0.29, 0.717) is 39.8 Å². The summed E-state index contributed by atoms with van der Waals surface area (Å²) in [5.74, 6) is -1.32. The first-order valence-electron chi connectivity index (χ1n) is 14.5. The van der Waals surface area contributed by atoms with Crippen LogP contribution in [0.1, 0.15) is 56.8 Å². The lowest BCUT2D eigenvalue weighted by Gasteiger charge is -2.38. The third kappa shape index (κ3) is 4.12. The SMILES string of the molecule is CCCOc1cccc(C(=O)[C@@H]2[C@H](C(=O)c3ccc(Cl)cc3)N3C=Cc4ccccc4[C@H]3[C@]23C(=O)Nc2ccccc23)c1. The molecule has 7 rings (SSSR count). The summed E-state index contributed by atoms with van der Waals surface area (Å²) >= 11 is 6.18. The number of nitrogens with zero attached hydrogens (tertiary/aromatic N) is 1. The van der Waals surface area contributed by atoms with Crippen LogP contribution in [0, 0.1) is 5.92 Å². The quantitative estimate of drug-likeness (QED) is 0.233. The Morgan fingerprint density at radius 2 is 1.67 bits per heavy atom. The van der Waals surface area contributed by atoms with Crippen LogP contribution in [0.3, 0.4) is 0 Å². The molecule has 0 bridgehead atoms. The second kappa shape index (κ2) is 10.5. The third-order valence-corrected chi connectivity index (χ3v) is 9.09. The number of Topliss-reactive ketones (excluding diaryl/α,β-unsaturated/α-hetero) is 2. The van der Waals surface area contributed by atoms with Crippen molar-refractivity contribution in [2.75, 3.05) is 11.9 Å². The smallest absolute Gasteiger partial charge is 0.238 e. The highest BCUT2D eigenvalue weighted by Crippen LogP contribution is 2.62. The van der Waals surface area contributed by atoms with Crippen LogP contribution in [0.25, 0.3) is 6.08 Å². The number of ketones is 2. The maximum absolute atomic E-state index is 15.0. The molecule has 0 aliphatic carbocycles. The van der Waals surface area contributed by atoms with Gasteiger partial charge in [-0.15, -0.1) is 0 Å². The van der Waals surface area contributed by atoms with E-state index < -0.39 is 23.4 Å². The summed E-state index contributed by atoms with van der Waals surface area (Å²) in [6.07, 6.45) is 4.64. The molecule has 4 aromatic rings. The number of rotatable bonds is 7. The van der Waals surface area contributed by atoms with Crippen LogP contribution in [0.5, 0.6) is 5.75 Å². The number of ether oxygens (including phenoxy) is 1. The summed E-state index contributed by atoms with van der Waals surface area (Å²) in [6, 6.07) is 27.5. The molecule has 1 spiro atoms. The summed E-state index contributed by atoms with van der Waals surface area (Å²) in [4.78, 5) is 46.1. The standard InChI is InChI=1S/C36H29ClN2O4/c1-2-20-43-26-10-7-9-24(21-26)32(40)30-31(33(41)23-14-16-25(37)17-15-23)39-19-18-22-8-3-4-11-27(22)34(39)36(30)28-12-5-6-13-29(28)38-35(36)42/h3-19,21,30-31,34H,2,20H2,1H3,(H,38,42)/t30-,31+,34-,36+/m0/s1. The minimum absolute atomic E-state index is 0.253. The maximum Gasteiger partial charge on any atom is 0.238 e. The molecule has 1 amide bonds. The molecule has 4 aromatic carbocycles. The Kier molecular flexibility index (Phi) is 6.66. The van der Waals surface area contributed by atoms with Crippen molar-refractivity contribution >= 4 is 40.8 Å². The Balaban J connectivity index is 1.49. The number of hydrogen-bond donors (Lipinski definition) is 1. The van der Waals surface area contributed by atoms with Crippen molar-refractivity contribution in [2.24, 2.45) is 5.92 Å². The zero-order valence-corrected chi connectivity index (χ0v) is 24.3. The van der Waals surface area contributed by atoms with E-state index in [1.54, 1.807) is 42.5 Å². The molecule has 3 heterocycles. The van der Waals surface area contributed by atoms with E-state index in [0.717, 1.165) is 17.5 Å². The number of amides is 1. The van der Waals surface area contributed by atoms with Crippen LogP contribution in [0.15, 0.2) is 103 Å². The van der Waals surface area contributed by atoms with Gasteiger partial charge in [-0.1, -0.05) is 73.1 Å². The van der Waals surface area contributed by atoms with Gasteiger partial charge in [0.2, 0.25) is 5.91 Å². The number of hydrogen-bond acceptors (Lipinski definition) is 5. The second-order valence-corrected chi connectivity index (χ2v) is 11.6. The van der Waals surface area contributed by atoms with E-state index in [4.69, 9.17) is 16.3 Å². The Hall–Kier alpha value is -4.68. The normalized spacial score (nSPS) is 23.0. The number of carbonyl (C=O) groups excluding carboxylic acids is 3. The summed E-state index contributed by atoms with van der Waals surface area (Å²) in [5, 5.41) is 3.59. The largest absolute Gasteiger partial charge is 0.494 e. The number of carbonyl (C=O) groups is 3. The average Bonchev–Trinajstić information content (AvgIpc) is 3.52. The molecule has 7 heteroatoms. The molecular weight excluding hydrogens is 560 g/mol. The molecule has 0 unspecified atom stereocenters. The molecule has 1 N–H and O–H groups in total. The molecule has 3 aliphatic rings. The van der Waals surface area contributed by atoms with Crippen LogP contribution < -0.4 is 10.1 Å². The van der Waals surface area contributed by atoms with Gasteiger partial charge in [0.15, 0.2) is 11.6 Å². The van der Waals surface area contributed by atoms with Gasteiger partial charge in [0.1, 0.15) is 17.2 Å². The van der Waals surface area contributed by atoms with E-state index >= 15 is 0 Å². The topological polar surface area (TPSA) is 75.7 Å². The van der Waals surface area contributed by atoms with Gasteiger partial charge in [-0.05, 0) is 71.7 Å². The Morgan fingerprint density at radius 1 is 0.907 bits per heavy atom. The van der Waals surface area contributed by atoms with Crippen molar-refractivity contribution in [3.8, 4) is 5.75 Å². The monoisotopic (exact) mass is 588 g/mol. The van der Waals surface area contributed by atoms with E-state index in [-0.39, 0.29) is 17.5 Å². The van der Waals surface area contributed by atoms with E-state index in [1.165, 1.54) is 0 Å². The molecule has 3 aliphatic heterocycles. The molecule has 43 heavy (non-hydrogen) atoms. The van der Waals surface area contributed by atoms with Crippen molar-refractivity contribution in [3.63, 3.8) is 0 Å². The van der Waals surface area contributed by atoms with Gasteiger partial charge >= 0.3 is 0 Å². The lowest BCUT2D eigenvalue weighted by atomic mass is 9.62.